The first-order valence-corrected chi connectivity index (χ1v) is 10.4. The maximum atomic E-state index is 12.7. The van der Waals surface area contributed by atoms with E-state index in [1.165, 1.54) is 23.1 Å². The SMILES string of the molecule is CCOC(=O)c1cc(-c2ccccc2)sc1NC(=O)C(C)Sc1nncn1C. The van der Waals surface area contributed by atoms with Gasteiger partial charge in [0.15, 0.2) is 5.16 Å². The van der Waals surface area contributed by atoms with Crippen molar-refractivity contribution in [1.29, 1.82) is 0 Å². The number of thioether (sulfide) groups is 1. The predicted octanol–water partition coefficient (Wildman–Crippen LogP) is 3.84. The minimum Gasteiger partial charge on any atom is -0.462 e. The fourth-order valence-electron chi connectivity index (χ4n) is 2.39. The van der Waals surface area contributed by atoms with Crippen molar-refractivity contribution in [2.75, 3.05) is 11.9 Å². The molecule has 3 aromatic rings. The number of carbonyl (C=O) groups excluding carboxylic acids is 2. The molecule has 0 spiro atoms. The first kappa shape index (κ1) is 20.1. The van der Waals surface area contributed by atoms with Crippen LogP contribution in [0.25, 0.3) is 10.4 Å². The van der Waals surface area contributed by atoms with Crippen LogP contribution in [0.5, 0.6) is 0 Å². The summed E-state index contributed by atoms with van der Waals surface area (Å²) in [5, 5.41) is 11.4. The Hall–Kier alpha value is -2.65. The summed E-state index contributed by atoms with van der Waals surface area (Å²) < 4.78 is 6.90. The van der Waals surface area contributed by atoms with E-state index in [-0.39, 0.29) is 12.5 Å². The lowest BCUT2D eigenvalue weighted by Crippen LogP contribution is -2.23. The molecule has 0 saturated carbocycles. The molecule has 0 aliphatic rings. The lowest BCUT2D eigenvalue weighted by atomic mass is 10.1. The number of amides is 1. The van der Waals surface area contributed by atoms with Crippen LogP contribution < -0.4 is 5.32 Å². The Morgan fingerprint density at radius 1 is 1.32 bits per heavy atom. The number of hydrogen-bond acceptors (Lipinski definition) is 7. The molecule has 1 unspecified atom stereocenters. The Kier molecular flexibility index (Phi) is 6.48. The summed E-state index contributed by atoms with van der Waals surface area (Å²) in [5.41, 5.74) is 1.33. The third kappa shape index (κ3) is 4.60. The molecule has 0 radical (unpaired) electrons. The van der Waals surface area contributed by atoms with Gasteiger partial charge in [0.1, 0.15) is 11.3 Å². The number of aromatic nitrogens is 3. The van der Waals surface area contributed by atoms with E-state index in [2.05, 4.69) is 15.5 Å². The molecule has 28 heavy (non-hydrogen) atoms. The number of esters is 1. The number of thiophene rings is 1. The van der Waals surface area contributed by atoms with Gasteiger partial charge in [-0.25, -0.2) is 4.79 Å². The fraction of sp³-hybridized carbons (Fsp3) is 0.263. The van der Waals surface area contributed by atoms with Gasteiger partial charge in [-0.3, -0.25) is 4.79 Å². The number of carbonyl (C=O) groups is 2. The predicted molar refractivity (Wildman–Crippen MR) is 111 cm³/mol. The zero-order valence-electron chi connectivity index (χ0n) is 15.7. The average molecular weight is 417 g/mol. The Bertz CT molecular complexity index is 969. The first-order chi connectivity index (χ1) is 13.5. The molecule has 0 saturated heterocycles. The molecule has 0 fully saturated rings. The van der Waals surface area contributed by atoms with Crippen molar-refractivity contribution in [3.63, 3.8) is 0 Å². The van der Waals surface area contributed by atoms with Crippen LogP contribution in [-0.2, 0) is 16.6 Å². The van der Waals surface area contributed by atoms with Gasteiger partial charge in [0, 0.05) is 11.9 Å². The van der Waals surface area contributed by atoms with Crippen LogP contribution in [0.2, 0.25) is 0 Å². The molecule has 7 nitrogen and oxygen atoms in total. The molecule has 0 aliphatic carbocycles. The maximum Gasteiger partial charge on any atom is 0.341 e. The zero-order chi connectivity index (χ0) is 20.1. The van der Waals surface area contributed by atoms with Crippen molar-refractivity contribution in [3.05, 3.63) is 48.3 Å². The average Bonchev–Trinajstić information content (AvgIpc) is 3.29. The highest BCUT2D eigenvalue weighted by Crippen LogP contribution is 2.36. The van der Waals surface area contributed by atoms with Gasteiger partial charge in [-0.15, -0.1) is 21.5 Å². The smallest absolute Gasteiger partial charge is 0.341 e. The van der Waals surface area contributed by atoms with Crippen LogP contribution in [0, 0.1) is 0 Å². The standard InChI is InChI=1S/C19H20N4O3S2/c1-4-26-18(25)14-10-15(13-8-6-5-7-9-13)28-17(14)21-16(24)12(2)27-19-22-20-11-23(19)3/h5-12H,4H2,1-3H3,(H,21,24). The first-order valence-electron chi connectivity index (χ1n) is 8.67. The summed E-state index contributed by atoms with van der Waals surface area (Å²) in [6.45, 7) is 3.80. The van der Waals surface area contributed by atoms with Crippen molar-refractivity contribution >= 4 is 40.0 Å². The second kappa shape index (κ2) is 9.03. The number of nitrogens with one attached hydrogen (secondary N) is 1. The fourth-order valence-corrected chi connectivity index (χ4v) is 4.24. The van der Waals surface area contributed by atoms with E-state index in [0.717, 1.165) is 10.4 Å². The van der Waals surface area contributed by atoms with E-state index in [1.807, 2.05) is 37.4 Å². The van der Waals surface area contributed by atoms with Crippen molar-refractivity contribution in [1.82, 2.24) is 14.8 Å². The van der Waals surface area contributed by atoms with Gasteiger partial charge in [0.25, 0.3) is 0 Å². The summed E-state index contributed by atoms with van der Waals surface area (Å²) in [5.74, 6) is -0.676. The molecule has 2 aromatic heterocycles. The third-order valence-electron chi connectivity index (χ3n) is 3.84. The van der Waals surface area contributed by atoms with E-state index in [0.29, 0.717) is 15.7 Å². The minimum absolute atomic E-state index is 0.222. The number of anilines is 1. The largest absolute Gasteiger partial charge is 0.462 e. The Labute approximate surface area is 171 Å². The van der Waals surface area contributed by atoms with Crippen molar-refractivity contribution in [3.8, 4) is 10.4 Å². The minimum atomic E-state index is -0.454. The summed E-state index contributed by atoms with van der Waals surface area (Å²) in [6.07, 6.45) is 1.58. The lowest BCUT2D eigenvalue weighted by molar-refractivity contribution is -0.115. The van der Waals surface area contributed by atoms with Gasteiger partial charge >= 0.3 is 5.97 Å². The summed E-state index contributed by atoms with van der Waals surface area (Å²) in [6, 6.07) is 11.5. The number of ether oxygens (including phenoxy) is 1. The normalized spacial score (nSPS) is 11.8. The highest BCUT2D eigenvalue weighted by atomic mass is 32.2. The van der Waals surface area contributed by atoms with Crippen LogP contribution in [0.15, 0.2) is 47.9 Å². The highest BCUT2D eigenvalue weighted by Gasteiger charge is 2.23. The Morgan fingerprint density at radius 3 is 2.71 bits per heavy atom. The zero-order valence-corrected chi connectivity index (χ0v) is 17.3. The van der Waals surface area contributed by atoms with Gasteiger partial charge in [0.2, 0.25) is 5.91 Å². The number of hydrogen-bond donors (Lipinski definition) is 1. The number of benzene rings is 1. The molecule has 1 aromatic carbocycles. The van der Waals surface area contributed by atoms with Crippen LogP contribution in [0.1, 0.15) is 24.2 Å². The lowest BCUT2D eigenvalue weighted by Gasteiger charge is -2.11. The molecule has 0 bridgehead atoms. The van der Waals surface area contributed by atoms with Crippen molar-refractivity contribution < 1.29 is 14.3 Å². The van der Waals surface area contributed by atoms with Crippen LogP contribution >= 0.6 is 23.1 Å². The molecular weight excluding hydrogens is 396 g/mol. The number of rotatable bonds is 7. The molecule has 9 heteroatoms. The maximum absolute atomic E-state index is 12.7. The van der Waals surface area contributed by atoms with Gasteiger partial charge in [-0.05, 0) is 25.5 Å². The van der Waals surface area contributed by atoms with E-state index in [4.69, 9.17) is 4.74 Å². The molecule has 0 aliphatic heterocycles. The molecule has 146 valence electrons. The van der Waals surface area contributed by atoms with E-state index in [1.54, 1.807) is 30.8 Å². The summed E-state index contributed by atoms with van der Waals surface area (Å²) in [4.78, 5) is 25.9. The number of aryl methyl sites for hydroxylation is 1. The molecule has 1 atom stereocenters. The van der Waals surface area contributed by atoms with Crippen LogP contribution in [0.4, 0.5) is 5.00 Å². The number of nitrogens with zero attached hydrogens (tertiary/aromatic N) is 3. The second-order valence-corrected chi connectivity index (χ2v) is 8.27. The summed E-state index contributed by atoms with van der Waals surface area (Å²) in [7, 11) is 1.82. The summed E-state index contributed by atoms with van der Waals surface area (Å²) >= 11 is 2.65. The Morgan fingerprint density at radius 2 is 2.07 bits per heavy atom. The van der Waals surface area contributed by atoms with Crippen molar-refractivity contribution in [2.24, 2.45) is 7.05 Å². The van der Waals surface area contributed by atoms with Crippen molar-refractivity contribution in [2.45, 2.75) is 24.3 Å². The van der Waals surface area contributed by atoms with Gasteiger partial charge in [0.05, 0.1) is 17.4 Å². The van der Waals surface area contributed by atoms with Gasteiger partial charge in [-0.2, -0.15) is 0 Å². The van der Waals surface area contributed by atoms with E-state index in [9.17, 15) is 9.59 Å². The molecule has 1 N–H and O–H groups in total. The quantitative estimate of drug-likeness (QED) is 0.465. The van der Waals surface area contributed by atoms with Gasteiger partial charge < -0.3 is 14.6 Å². The topological polar surface area (TPSA) is 86.1 Å². The monoisotopic (exact) mass is 416 g/mol. The highest BCUT2D eigenvalue weighted by molar-refractivity contribution is 8.00. The Balaban J connectivity index is 1.82. The van der Waals surface area contributed by atoms with E-state index < -0.39 is 11.2 Å². The molecule has 2 heterocycles. The van der Waals surface area contributed by atoms with Gasteiger partial charge in [-0.1, -0.05) is 42.1 Å². The molecule has 3 rings (SSSR count). The second-order valence-electron chi connectivity index (χ2n) is 5.91. The van der Waals surface area contributed by atoms with Crippen LogP contribution in [0.3, 0.4) is 0 Å². The molecule has 1 amide bonds. The third-order valence-corrected chi connectivity index (χ3v) is 6.09. The van der Waals surface area contributed by atoms with E-state index >= 15 is 0 Å². The van der Waals surface area contributed by atoms with Crippen LogP contribution in [-0.4, -0.2) is 38.5 Å². The molecular formula is C19H20N4O3S2.